The fraction of sp³-hybridized carbons (Fsp3) is 0.795. The van der Waals surface area contributed by atoms with Gasteiger partial charge in [0.25, 0.3) is 0 Å². The van der Waals surface area contributed by atoms with Crippen LogP contribution < -0.4 is 0 Å². The molecule has 252 valence electrons. The number of benzene rings is 1. The van der Waals surface area contributed by atoms with Crippen molar-refractivity contribution in [1.82, 2.24) is 0 Å². The van der Waals surface area contributed by atoms with Crippen molar-refractivity contribution in [2.75, 3.05) is 0 Å². The van der Waals surface area contributed by atoms with Crippen molar-refractivity contribution in [3.63, 3.8) is 0 Å². The number of aliphatic hydroxyl groups is 1. The Bertz CT molecular complexity index is 1420. The van der Waals surface area contributed by atoms with Crippen molar-refractivity contribution < 1.29 is 33.6 Å². The van der Waals surface area contributed by atoms with Gasteiger partial charge in [0.1, 0.15) is 18.3 Å². The molecule has 1 aromatic carbocycles. The van der Waals surface area contributed by atoms with E-state index < -0.39 is 6.29 Å². The summed E-state index contributed by atoms with van der Waals surface area (Å²) in [7, 11) is 0. The van der Waals surface area contributed by atoms with Gasteiger partial charge in [-0.3, -0.25) is 4.79 Å². The summed E-state index contributed by atoms with van der Waals surface area (Å²) < 4.78 is 24.9. The Hall–Kier alpha value is -1.96. The number of rotatable bonds is 5. The Morgan fingerprint density at radius 1 is 0.870 bits per heavy atom. The fourth-order valence-corrected chi connectivity index (χ4v) is 13.7. The van der Waals surface area contributed by atoms with Gasteiger partial charge in [-0.05, 0) is 118 Å². The lowest BCUT2D eigenvalue weighted by Gasteiger charge is -2.68. The molecule has 7 fully saturated rings. The van der Waals surface area contributed by atoms with Crippen LogP contribution in [-0.4, -0.2) is 53.4 Å². The van der Waals surface area contributed by atoms with E-state index in [1.807, 2.05) is 30.3 Å². The topological polar surface area (TPSA) is 94.6 Å². The average molecular weight is 635 g/mol. The molecule has 2 heterocycles. The van der Waals surface area contributed by atoms with Crippen LogP contribution in [0.25, 0.3) is 0 Å². The minimum Gasteiger partial charge on any atom is -0.462 e. The maximum atomic E-state index is 13.2. The van der Waals surface area contributed by atoms with E-state index in [4.69, 9.17) is 18.9 Å². The van der Waals surface area contributed by atoms with E-state index in [2.05, 4.69) is 41.5 Å². The van der Waals surface area contributed by atoms with Gasteiger partial charge in [-0.15, -0.1) is 0 Å². The zero-order valence-electron chi connectivity index (χ0n) is 28.8. The Kier molecular flexibility index (Phi) is 6.68. The molecule has 8 rings (SSSR count). The highest BCUT2D eigenvalue weighted by molar-refractivity contribution is 5.89. The predicted molar refractivity (Wildman–Crippen MR) is 171 cm³/mol. The first-order chi connectivity index (χ1) is 21.6. The van der Waals surface area contributed by atoms with Crippen LogP contribution in [0.5, 0.6) is 0 Å². The van der Waals surface area contributed by atoms with E-state index in [0.717, 1.165) is 51.4 Å². The number of hydrogen-bond donors (Lipinski definition) is 1. The molecule has 0 bridgehead atoms. The van der Waals surface area contributed by atoms with E-state index in [1.165, 1.54) is 6.42 Å². The SMILES string of the molecule is CC(=O)O[C@@H]1C[C@H]2C(C)(C)[C@H](OC(=O)c3ccccc3)CC[C@]2(C)[C@H]2CC[C@]34C[C@]3(CC[C@H]4[C@H]3C[C@H]([C@@H]4OC4(C)C)O[C@H]3O)[C@@]21C. The summed E-state index contributed by atoms with van der Waals surface area (Å²) in [4.78, 5) is 26.1. The standard InChI is InChI=1S/C39H54O7/c1-22(40)43-30-20-28-34(2,3)29(45-32(41)23-11-9-8-10-12-23)15-16-36(28,6)27-14-17-38-21-39(38,37(27,30)7)18-13-25(38)24-19-26(44-33(24)42)31-35(4,5)46-31/h8-12,24-31,33,42H,13-21H2,1-7H3/t24-,25+,26-,27-,28+,29-,30-,31+,33-,36-,37+,38-,39-/m1/s1. The van der Waals surface area contributed by atoms with Gasteiger partial charge < -0.3 is 24.1 Å². The second kappa shape index (κ2) is 9.81. The molecule has 1 N–H and O–H groups in total. The third-order valence-corrected chi connectivity index (χ3v) is 15.7. The van der Waals surface area contributed by atoms with Crippen molar-refractivity contribution in [1.29, 1.82) is 0 Å². The van der Waals surface area contributed by atoms with Gasteiger partial charge in [0.05, 0.1) is 17.3 Å². The number of fused-ring (bicyclic) bond motifs is 3. The minimum absolute atomic E-state index is 0.0383. The van der Waals surface area contributed by atoms with E-state index >= 15 is 0 Å². The maximum Gasteiger partial charge on any atom is 0.338 e. The number of ether oxygens (including phenoxy) is 4. The van der Waals surface area contributed by atoms with E-state index in [-0.39, 0.29) is 80.9 Å². The fourth-order valence-electron chi connectivity index (χ4n) is 13.7. The molecule has 2 aliphatic heterocycles. The molecule has 0 spiro atoms. The second-order valence-electron chi connectivity index (χ2n) is 18.1. The molecule has 0 unspecified atom stereocenters. The zero-order chi connectivity index (χ0) is 32.7. The van der Waals surface area contributed by atoms with E-state index in [1.54, 1.807) is 6.92 Å². The molecule has 7 nitrogen and oxygen atoms in total. The number of aliphatic hydroxyl groups excluding tert-OH is 1. The first-order valence-electron chi connectivity index (χ1n) is 18.1. The Morgan fingerprint density at radius 3 is 2.26 bits per heavy atom. The summed E-state index contributed by atoms with van der Waals surface area (Å²) >= 11 is 0. The first-order valence-corrected chi connectivity index (χ1v) is 18.1. The maximum absolute atomic E-state index is 13.2. The molecule has 13 atom stereocenters. The highest BCUT2D eigenvalue weighted by Crippen LogP contribution is 2.91. The summed E-state index contributed by atoms with van der Waals surface area (Å²) in [5.74, 6) is 0.736. The summed E-state index contributed by atoms with van der Waals surface area (Å²) in [6, 6.07) is 9.30. The van der Waals surface area contributed by atoms with Gasteiger partial charge >= 0.3 is 11.9 Å². The van der Waals surface area contributed by atoms with Gasteiger partial charge in [-0.25, -0.2) is 4.79 Å². The third-order valence-electron chi connectivity index (χ3n) is 15.7. The molecule has 5 aliphatic carbocycles. The second-order valence-corrected chi connectivity index (χ2v) is 18.1. The lowest BCUT2D eigenvalue weighted by atomic mass is 9.37. The quantitative estimate of drug-likeness (QED) is 0.273. The summed E-state index contributed by atoms with van der Waals surface area (Å²) in [5, 5.41) is 11.3. The molecule has 2 saturated heterocycles. The highest BCUT2D eigenvalue weighted by atomic mass is 16.7. The smallest absolute Gasteiger partial charge is 0.338 e. The van der Waals surface area contributed by atoms with Gasteiger partial charge in [-0.2, -0.15) is 0 Å². The van der Waals surface area contributed by atoms with Gasteiger partial charge in [0, 0.05) is 23.7 Å². The molecular formula is C39H54O7. The van der Waals surface area contributed by atoms with Gasteiger partial charge in [-0.1, -0.05) is 45.9 Å². The van der Waals surface area contributed by atoms with Crippen LogP contribution in [0.4, 0.5) is 0 Å². The lowest BCUT2D eigenvalue weighted by molar-refractivity contribution is -0.249. The van der Waals surface area contributed by atoms with Gasteiger partial charge in [0.15, 0.2) is 6.29 Å². The Morgan fingerprint density at radius 2 is 1.59 bits per heavy atom. The van der Waals surface area contributed by atoms with E-state index in [0.29, 0.717) is 17.4 Å². The van der Waals surface area contributed by atoms with Crippen LogP contribution in [0.1, 0.15) is 117 Å². The lowest BCUT2D eigenvalue weighted by Crippen LogP contribution is -2.67. The molecule has 0 amide bonds. The number of esters is 2. The van der Waals surface area contributed by atoms with Crippen LogP contribution in [0.15, 0.2) is 30.3 Å². The van der Waals surface area contributed by atoms with Crippen molar-refractivity contribution >= 4 is 11.9 Å². The monoisotopic (exact) mass is 634 g/mol. The minimum atomic E-state index is -0.738. The molecule has 7 aliphatic rings. The molecule has 1 aromatic rings. The zero-order valence-corrected chi connectivity index (χ0v) is 28.8. The van der Waals surface area contributed by atoms with Crippen molar-refractivity contribution in [2.45, 2.75) is 143 Å². The van der Waals surface area contributed by atoms with Crippen LogP contribution in [0.3, 0.4) is 0 Å². The van der Waals surface area contributed by atoms with E-state index in [9.17, 15) is 14.7 Å². The van der Waals surface area contributed by atoms with Crippen molar-refractivity contribution in [3.8, 4) is 0 Å². The molecule has 0 radical (unpaired) electrons. The summed E-state index contributed by atoms with van der Waals surface area (Å²) in [6.45, 7) is 15.3. The number of epoxide rings is 1. The summed E-state index contributed by atoms with van der Waals surface area (Å²) in [6.07, 6.45) is 8.08. The normalized spacial score (nSPS) is 50.7. The first kappa shape index (κ1) is 31.3. The molecule has 46 heavy (non-hydrogen) atoms. The van der Waals surface area contributed by atoms with Crippen molar-refractivity contribution in [3.05, 3.63) is 35.9 Å². The third kappa shape index (κ3) is 4.00. The van der Waals surface area contributed by atoms with Crippen LogP contribution in [0, 0.1) is 50.7 Å². The predicted octanol–water partition coefficient (Wildman–Crippen LogP) is 7.09. The highest BCUT2D eigenvalue weighted by Gasteiger charge is 2.86. The number of carbonyl (C=O) groups is 2. The van der Waals surface area contributed by atoms with Gasteiger partial charge in [0.2, 0.25) is 0 Å². The van der Waals surface area contributed by atoms with Crippen molar-refractivity contribution in [2.24, 2.45) is 50.7 Å². The van der Waals surface area contributed by atoms with Crippen LogP contribution in [-0.2, 0) is 23.7 Å². The molecule has 5 saturated carbocycles. The molecular weight excluding hydrogens is 580 g/mol. The molecule has 0 aromatic heterocycles. The number of hydrogen-bond acceptors (Lipinski definition) is 7. The Balaban J connectivity index is 1.09. The van der Waals surface area contributed by atoms with Crippen LogP contribution >= 0.6 is 0 Å². The average Bonchev–Trinajstić information content (AvgIpc) is 3.75. The largest absolute Gasteiger partial charge is 0.462 e. The summed E-state index contributed by atoms with van der Waals surface area (Å²) in [5.41, 5.74) is 0.320. The Labute approximate surface area is 274 Å². The number of carbonyl (C=O) groups excluding carboxylic acids is 2. The van der Waals surface area contributed by atoms with Crippen LogP contribution in [0.2, 0.25) is 0 Å². The molecule has 7 heteroatoms.